The Kier molecular flexibility index (Phi) is 3.78. The van der Waals surface area contributed by atoms with Gasteiger partial charge >= 0.3 is 5.97 Å². The van der Waals surface area contributed by atoms with Gasteiger partial charge in [-0.05, 0) is 24.6 Å². The topological polar surface area (TPSA) is 63.9 Å². The van der Waals surface area contributed by atoms with Gasteiger partial charge in [-0.15, -0.1) is 21.6 Å². The number of carbonyl (C=O) groups excluding carboxylic acids is 1. The van der Waals surface area contributed by atoms with Crippen molar-refractivity contribution in [1.82, 2.24) is 4.98 Å². The molecule has 0 saturated heterocycles. The molecule has 92 valence electrons. The van der Waals surface area contributed by atoms with E-state index in [1.807, 2.05) is 18.4 Å². The summed E-state index contributed by atoms with van der Waals surface area (Å²) in [4.78, 5) is 15.0. The van der Waals surface area contributed by atoms with E-state index in [9.17, 15) is 4.79 Å². The van der Waals surface area contributed by atoms with Crippen molar-refractivity contribution in [2.45, 2.75) is 13.8 Å². The molecule has 1 aromatic carbocycles. The number of ether oxygens (including phenoxy) is 1. The first-order valence-corrected chi connectivity index (χ1v) is 6.13. The monoisotopic (exact) mass is 261 g/mol. The van der Waals surface area contributed by atoms with Gasteiger partial charge in [0.2, 0.25) is 5.13 Å². The molecule has 0 aliphatic carbocycles. The number of esters is 1. The second kappa shape index (κ2) is 5.50. The van der Waals surface area contributed by atoms with E-state index in [4.69, 9.17) is 4.74 Å². The van der Waals surface area contributed by atoms with Crippen LogP contribution in [0.3, 0.4) is 0 Å². The van der Waals surface area contributed by atoms with Gasteiger partial charge in [-0.3, -0.25) is 4.79 Å². The smallest absolute Gasteiger partial charge is 0.308 e. The Morgan fingerprint density at radius 3 is 2.89 bits per heavy atom. The molecule has 1 aromatic heterocycles. The molecule has 0 unspecified atom stereocenters. The lowest BCUT2D eigenvalue weighted by Gasteiger charge is -2.04. The maximum absolute atomic E-state index is 11.0. The second-order valence-corrected chi connectivity index (χ2v) is 4.45. The standard InChI is InChI=1S/C12H11N3O2S/c1-8-3-4-11(17-9(2)16)10(7-8)14-15-12-13-5-6-18-12/h3-7H,1-2H3. The summed E-state index contributed by atoms with van der Waals surface area (Å²) in [6, 6.07) is 5.35. The van der Waals surface area contributed by atoms with Gasteiger partial charge in [-0.1, -0.05) is 6.07 Å². The number of azo groups is 1. The van der Waals surface area contributed by atoms with Gasteiger partial charge in [0.25, 0.3) is 0 Å². The van der Waals surface area contributed by atoms with E-state index < -0.39 is 0 Å². The average Bonchev–Trinajstić information content (AvgIpc) is 2.82. The van der Waals surface area contributed by atoms with Gasteiger partial charge < -0.3 is 4.74 Å². The number of carbonyl (C=O) groups is 1. The quantitative estimate of drug-likeness (QED) is 0.479. The summed E-state index contributed by atoms with van der Waals surface area (Å²) in [6.45, 7) is 3.28. The SMILES string of the molecule is CC(=O)Oc1ccc(C)cc1N=Nc1nccs1. The predicted octanol–water partition coefficient (Wildman–Crippen LogP) is 3.79. The van der Waals surface area contributed by atoms with Gasteiger partial charge in [-0.25, -0.2) is 4.98 Å². The minimum absolute atomic E-state index is 0.385. The zero-order valence-corrected chi connectivity index (χ0v) is 10.8. The summed E-state index contributed by atoms with van der Waals surface area (Å²) < 4.78 is 5.06. The molecule has 0 fully saturated rings. The van der Waals surface area contributed by atoms with Crippen LogP contribution in [-0.4, -0.2) is 11.0 Å². The number of aryl methyl sites for hydroxylation is 1. The number of rotatable bonds is 3. The molecule has 1 heterocycles. The Bertz CT molecular complexity index is 579. The molecule has 2 aromatic rings. The van der Waals surface area contributed by atoms with Crippen molar-refractivity contribution >= 4 is 28.1 Å². The maximum atomic E-state index is 11.0. The van der Waals surface area contributed by atoms with Crippen molar-refractivity contribution in [1.29, 1.82) is 0 Å². The number of thiazole rings is 1. The van der Waals surface area contributed by atoms with E-state index in [2.05, 4.69) is 15.2 Å². The molecule has 0 amide bonds. The first-order valence-electron chi connectivity index (χ1n) is 5.25. The summed E-state index contributed by atoms with van der Waals surface area (Å²) in [6.07, 6.45) is 1.66. The molecule has 2 rings (SSSR count). The van der Waals surface area contributed by atoms with Gasteiger partial charge in [0, 0.05) is 18.5 Å². The molecule has 18 heavy (non-hydrogen) atoms. The highest BCUT2D eigenvalue weighted by molar-refractivity contribution is 7.13. The average molecular weight is 261 g/mol. The lowest BCUT2D eigenvalue weighted by molar-refractivity contribution is -0.131. The molecule has 0 radical (unpaired) electrons. The summed E-state index contributed by atoms with van der Waals surface area (Å²) in [7, 11) is 0. The fourth-order valence-electron chi connectivity index (χ4n) is 1.31. The van der Waals surface area contributed by atoms with Crippen LogP contribution in [0.25, 0.3) is 0 Å². The third-order valence-corrected chi connectivity index (χ3v) is 2.69. The highest BCUT2D eigenvalue weighted by Crippen LogP contribution is 2.30. The van der Waals surface area contributed by atoms with E-state index in [-0.39, 0.29) is 5.97 Å². The van der Waals surface area contributed by atoms with E-state index in [0.717, 1.165) is 5.56 Å². The normalized spacial score (nSPS) is 10.8. The van der Waals surface area contributed by atoms with Crippen LogP contribution in [0, 0.1) is 6.92 Å². The zero-order chi connectivity index (χ0) is 13.0. The molecular formula is C12H11N3O2S. The van der Waals surface area contributed by atoms with Crippen molar-refractivity contribution in [2.24, 2.45) is 10.2 Å². The van der Waals surface area contributed by atoms with Gasteiger partial charge in [0.15, 0.2) is 5.75 Å². The minimum Gasteiger partial charge on any atom is -0.424 e. The van der Waals surface area contributed by atoms with Crippen LogP contribution >= 0.6 is 11.3 Å². The Labute approximate surface area is 108 Å². The second-order valence-electron chi connectivity index (χ2n) is 3.58. The molecule has 5 nitrogen and oxygen atoms in total. The Hall–Kier alpha value is -2.08. The van der Waals surface area contributed by atoms with E-state index in [1.54, 1.807) is 18.3 Å². The summed E-state index contributed by atoms with van der Waals surface area (Å²) in [5.41, 5.74) is 1.53. The molecule has 0 bridgehead atoms. The van der Waals surface area contributed by atoms with Crippen molar-refractivity contribution in [3.8, 4) is 5.75 Å². The molecule has 0 aliphatic rings. The van der Waals surface area contributed by atoms with Gasteiger partial charge in [-0.2, -0.15) is 0 Å². The van der Waals surface area contributed by atoms with E-state index in [1.165, 1.54) is 18.3 Å². The van der Waals surface area contributed by atoms with Crippen LogP contribution in [0.1, 0.15) is 12.5 Å². The van der Waals surface area contributed by atoms with Gasteiger partial charge in [0.1, 0.15) is 5.69 Å². The number of hydrogen-bond acceptors (Lipinski definition) is 6. The predicted molar refractivity (Wildman–Crippen MR) is 68.8 cm³/mol. The molecule has 0 aliphatic heterocycles. The first kappa shape index (κ1) is 12.4. The largest absolute Gasteiger partial charge is 0.424 e. The molecule has 0 N–H and O–H groups in total. The fraction of sp³-hybridized carbons (Fsp3) is 0.167. The van der Waals surface area contributed by atoms with Crippen LogP contribution in [-0.2, 0) is 4.79 Å². The fourth-order valence-corrected chi connectivity index (χ4v) is 1.76. The van der Waals surface area contributed by atoms with E-state index >= 15 is 0 Å². The summed E-state index contributed by atoms with van der Waals surface area (Å²) >= 11 is 1.39. The highest BCUT2D eigenvalue weighted by Gasteiger charge is 2.06. The Morgan fingerprint density at radius 1 is 1.39 bits per heavy atom. The van der Waals surface area contributed by atoms with Crippen molar-refractivity contribution in [2.75, 3.05) is 0 Å². The van der Waals surface area contributed by atoms with Crippen LogP contribution in [0.15, 0.2) is 40.0 Å². The zero-order valence-electron chi connectivity index (χ0n) is 9.95. The van der Waals surface area contributed by atoms with Crippen LogP contribution in [0.2, 0.25) is 0 Å². The lowest BCUT2D eigenvalue weighted by atomic mass is 10.2. The van der Waals surface area contributed by atoms with Crippen molar-refractivity contribution in [3.05, 3.63) is 35.3 Å². The van der Waals surface area contributed by atoms with E-state index in [0.29, 0.717) is 16.6 Å². The first-order chi connectivity index (χ1) is 8.65. The Balaban J connectivity index is 2.30. The third-order valence-electron chi connectivity index (χ3n) is 2.03. The maximum Gasteiger partial charge on any atom is 0.308 e. The third kappa shape index (κ3) is 3.21. The molecule has 0 saturated carbocycles. The summed E-state index contributed by atoms with van der Waals surface area (Å²) in [5, 5.41) is 10.4. The Morgan fingerprint density at radius 2 is 2.22 bits per heavy atom. The minimum atomic E-state index is -0.385. The number of nitrogens with zero attached hydrogens (tertiary/aromatic N) is 3. The number of aromatic nitrogens is 1. The van der Waals surface area contributed by atoms with Crippen LogP contribution in [0.5, 0.6) is 5.75 Å². The number of benzene rings is 1. The molecule has 6 heteroatoms. The number of hydrogen-bond donors (Lipinski definition) is 0. The van der Waals surface area contributed by atoms with Crippen molar-refractivity contribution in [3.63, 3.8) is 0 Å². The highest BCUT2D eigenvalue weighted by atomic mass is 32.1. The molecule has 0 spiro atoms. The lowest BCUT2D eigenvalue weighted by Crippen LogP contribution is -2.01. The summed E-state index contributed by atoms with van der Waals surface area (Å²) in [5.74, 6) is 0.0120. The van der Waals surface area contributed by atoms with Crippen LogP contribution < -0.4 is 4.74 Å². The van der Waals surface area contributed by atoms with Crippen molar-refractivity contribution < 1.29 is 9.53 Å². The molecule has 0 atom stereocenters. The van der Waals surface area contributed by atoms with Gasteiger partial charge in [0.05, 0.1) is 0 Å². The van der Waals surface area contributed by atoms with Crippen LogP contribution in [0.4, 0.5) is 10.8 Å². The molecular weight excluding hydrogens is 250 g/mol.